The third-order valence-corrected chi connectivity index (χ3v) is 4.09. The second-order valence-electron chi connectivity index (χ2n) is 6.55. The van der Waals surface area contributed by atoms with Crippen LogP contribution in [-0.2, 0) is 16.1 Å². The van der Waals surface area contributed by atoms with Gasteiger partial charge < -0.3 is 15.1 Å². The number of furan rings is 1. The van der Waals surface area contributed by atoms with Crippen molar-refractivity contribution in [1.29, 1.82) is 0 Å². The van der Waals surface area contributed by atoms with Crippen molar-refractivity contribution in [3.05, 3.63) is 28.3 Å². The zero-order valence-corrected chi connectivity index (χ0v) is 15.3. The van der Waals surface area contributed by atoms with Crippen LogP contribution in [-0.4, -0.2) is 23.3 Å². The van der Waals surface area contributed by atoms with Crippen molar-refractivity contribution < 1.29 is 14.0 Å². The van der Waals surface area contributed by atoms with Gasteiger partial charge in [0.05, 0.1) is 11.6 Å². The van der Waals surface area contributed by atoms with Crippen molar-refractivity contribution in [3.63, 3.8) is 0 Å². The highest BCUT2D eigenvalue weighted by Crippen LogP contribution is 2.23. The van der Waals surface area contributed by atoms with E-state index in [9.17, 15) is 9.59 Å². The maximum absolute atomic E-state index is 11.8. The maximum Gasteiger partial charge on any atom is 0.225 e. The second-order valence-corrected chi connectivity index (χ2v) is 7.61. The first-order valence-corrected chi connectivity index (χ1v) is 8.70. The first-order chi connectivity index (χ1) is 11.3. The molecule has 2 heterocycles. The number of carbonyl (C=O) groups is 2. The average molecular weight is 349 g/mol. The Balaban J connectivity index is 1.74. The summed E-state index contributed by atoms with van der Waals surface area (Å²) in [5, 5.41) is 8.45. The molecule has 7 heteroatoms. The highest BCUT2D eigenvalue weighted by molar-refractivity contribution is 7.09. The van der Waals surface area contributed by atoms with Gasteiger partial charge in [-0.1, -0.05) is 20.8 Å². The Morgan fingerprint density at radius 3 is 2.62 bits per heavy atom. The molecule has 0 atom stereocenters. The van der Waals surface area contributed by atoms with Crippen LogP contribution in [0.2, 0.25) is 0 Å². The quantitative estimate of drug-likeness (QED) is 0.840. The van der Waals surface area contributed by atoms with Crippen molar-refractivity contribution in [3.8, 4) is 11.5 Å². The monoisotopic (exact) mass is 349 g/mol. The molecule has 0 aliphatic rings. The normalized spacial score (nSPS) is 11.3. The standard InChI is InChI=1S/C17H23N3O3S/c1-11-20-13(10-24-11)14-6-5-12(23-14)9-19-15(21)7-8-18-16(22)17(2,3)4/h5-6,10H,7-9H2,1-4H3,(H,18,22)(H,19,21). The summed E-state index contributed by atoms with van der Waals surface area (Å²) < 4.78 is 5.68. The topological polar surface area (TPSA) is 84.2 Å². The van der Waals surface area contributed by atoms with Gasteiger partial charge >= 0.3 is 0 Å². The molecule has 24 heavy (non-hydrogen) atoms. The molecule has 0 bridgehead atoms. The number of hydrogen-bond donors (Lipinski definition) is 2. The van der Waals surface area contributed by atoms with E-state index in [4.69, 9.17) is 4.42 Å². The molecule has 2 N–H and O–H groups in total. The Kier molecular flexibility index (Phi) is 5.77. The van der Waals surface area contributed by atoms with Crippen molar-refractivity contribution >= 4 is 23.2 Å². The van der Waals surface area contributed by atoms with E-state index in [-0.39, 0.29) is 18.2 Å². The molecule has 0 aromatic carbocycles. The Morgan fingerprint density at radius 1 is 1.25 bits per heavy atom. The molecule has 2 aromatic heterocycles. The molecule has 2 rings (SSSR count). The van der Waals surface area contributed by atoms with Gasteiger partial charge in [-0.05, 0) is 19.1 Å². The van der Waals surface area contributed by atoms with Gasteiger partial charge in [-0.2, -0.15) is 0 Å². The predicted octanol–water partition coefficient (Wildman–Crippen LogP) is 2.88. The lowest BCUT2D eigenvalue weighted by Gasteiger charge is -2.17. The van der Waals surface area contributed by atoms with E-state index in [1.165, 1.54) is 0 Å². The minimum Gasteiger partial charge on any atom is -0.458 e. The van der Waals surface area contributed by atoms with E-state index < -0.39 is 5.41 Å². The van der Waals surface area contributed by atoms with Crippen molar-refractivity contribution in [2.75, 3.05) is 6.54 Å². The van der Waals surface area contributed by atoms with Crippen LogP contribution in [0.3, 0.4) is 0 Å². The number of hydrogen-bond acceptors (Lipinski definition) is 5. The molecule has 130 valence electrons. The molecule has 0 saturated carbocycles. The number of nitrogens with zero attached hydrogens (tertiary/aromatic N) is 1. The number of aromatic nitrogens is 1. The van der Waals surface area contributed by atoms with Crippen LogP contribution >= 0.6 is 11.3 Å². The van der Waals surface area contributed by atoms with E-state index in [2.05, 4.69) is 15.6 Å². The SMILES string of the molecule is Cc1nc(-c2ccc(CNC(=O)CCNC(=O)C(C)(C)C)o2)cs1. The molecule has 0 saturated heterocycles. The molecule has 0 spiro atoms. The molecule has 0 fully saturated rings. The third-order valence-electron chi connectivity index (χ3n) is 3.31. The average Bonchev–Trinajstić information content (AvgIpc) is 3.12. The number of amides is 2. The van der Waals surface area contributed by atoms with Crippen LogP contribution in [0.5, 0.6) is 0 Å². The van der Waals surface area contributed by atoms with E-state index in [1.807, 2.05) is 45.2 Å². The Hall–Kier alpha value is -2.15. The van der Waals surface area contributed by atoms with Gasteiger partial charge in [-0.15, -0.1) is 11.3 Å². The van der Waals surface area contributed by atoms with Crippen LogP contribution < -0.4 is 10.6 Å². The molecule has 0 aliphatic carbocycles. The predicted molar refractivity (Wildman–Crippen MR) is 93.5 cm³/mol. The van der Waals surface area contributed by atoms with Gasteiger partial charge in [0.15, 0.2) is 5.76 Å². The van der Waals surface area contributed by atoms with Gasteiger partial charge in [0.1, 0.15) is 11.5 Å². The lowest BCUT2D eigenvalue weighted by molar-refractivity contribution is -0.128. The summed E-state index contributed by atoms with van der Waals surface area (Å²) in [5.74, 6) is 1.17. The van der Waals surface area contributed by atoms with Crippen molar-refractivity contribution in [2.24, 2.45) is 5.41 Å². The third kappa shape index (κ3) is 5.19. The van der Waals surface area contributed by atoms with Gasteiger partial charge in [0.25, 0.3) is 0 Å². The van der Waals surface area contributed by atoms with Gasteiger partial charge in [-0.25, -0.2) is 4.98 Å². The molecular weight excluding hydrogens is 326 g/mol. The summed E-state index contributed by atoms with van der Waals surface area (Å²) in [5.41, 5.74) is 0.356. The maximum atomic E-state index is 11.8. The van der Waals surface area contributed by atoms with Crippen LogP contribution in [0.25, 0.3) is 11.5 Å². The zero-order chi connectivity index (χ0) is 17.7. The smallest absolute Gasteiger partial charge is 0.225 e. The van der Waals surface area contributed by atoms with Crippen LogP contribution in [0.1, 0.15) is 38.0 Å². The first kappa shape index (κ1) is 18.2. The summed E-state index contributed by atoms with van der Waals surface area (Å²) in [6.07, 6.45) is 0.237. The minimum atomic E-state index is -0.449. The van der Waals surface area contributed by atoms with E-state index in [1.54, 1.807) is 11.3 Å². The van der Waals surface area contributed by atoms with Gasteiger partial charge in [0.2, 0.25) is 11.8 Å². The number of carbonyl (C=O) groups excluding carboxylic acids is 2. The van der Waals surface area contributed by atoms with Gasteiger partial charge in [0, 0.05) is 23.8 Å². The fourth-order valence-electron chi connectivity index (χ4n) is 1.92. The number of nitrogens with one attached hydrogen (secondary N) is 2. The van der Waals surface area contributed by atoms with Gasteiger partial charge in [-0.3, -0.25) is 9.59 Å². The summed E-state index contributed by atoms with van der Waals surface area (Å²) in [6.45, 7) is 8.08. The second kappa shape index (κ2) is 7.61. The Morgan fingerprint density at radius 2 is 2.00 bits per heavy atom. The van der Waals surface area contributed by atoms with Crippen LogP contribution in [0.4, 0.5) is 0 Å². The summed E-state index contributed by atoms with van der Waals surface area (Å²) in [6, 6.07) is 3.67. The molecular formula is C17H23N3O3S. The highest BCUT2D eigenvalue weighted by Gasteiger charge is 2.20. The number of aryl methyl sites for hydroxylation is 1. The lowest BCUT2D eigenvalue weighted by atomic mass is 9.96. The molecule has 6 nitrogen and oxygen atoms in total. The lowest BCUT2D eigenvalue weighted by Crippen LogP contribution is -2.37. The molecule has 2 aromatic rings. The molecule has 2 amide bonds. The zero-order valence-electron chi connectivity index (χ0n) is 14.4. The van der Waals surface area contributed by atoms with Crippen LogP contribution in [0.15, 0.2) is 21.9 Å². The Bertz CT molecular complexity index is 713. The first-order valence-electron chi connectivity index (χ1n) is 7.82. The minimum absolute atomic E-state index is 0.0652. The van der Waals surface area contributed by atoms with E-state index in [0.717, 1.165) is 10.7 Å². The van der Waals surface area contributed by atoms with E-state index >= 15 is 0 Å². The van der Waals surface area contributed by atoms with E-state index in [0.29, 0.717) is 24.6 Å². The van der Waals surface area contributed by atoms with Crippen LogP contribution in [0, 0.1) is 12.3 Å². The Labute approximate surface area is 145 Å². The highest BCUT2D eigenvalue weighted by atomic mass is 32.1. The van der Waals surface area contributed by atoms with Crippen molar-refractivity contribution in [2.45, 2.75) is 40.7 Å². The molecule has 0 unspecified atom stereocenters. The molecule has 0 radical (unpaired) electrons. The fourth-order valence-corrected chi connectivity index (χ4v) is 2.52. The number of rotatable bonds is 6. The molecule has 0 aliphatic heterocycles. The van der Waals surface area contributed by atoms with Crippen molar-refractivity contribution in [1.82, 2.24) is 15.6 Å². The number of thiazole rings is 1. The largest absolute Gasteiger partial charge is 0.458 e. The summed E-state index contributed by atoms with van der Waals surface area (Å²) in [4.78, 5) is 27.9. The summed E-state index contributed by atoms with van der Waals surface area (Å²) >= 11 is 1.56. The summed E-state index contributed by atoms with van der Waals surface area (Å²) in [7, 11) is 0. The fraction of sp³-hybridized carbons (Fsp3) is 0.471.